The Balaban J connectivity index is 1.22. The van der Waals surface area contributed by atoms with Crippen LogP contribution >= 0.6 is 0 Å². The number of rotatable bonds is 6. The summed E-state index contributed by atoms with van der Waals surface area (Å²) in [4.78, 5) is 2.40. The van der Waals surface area contributed by atoms with Crippen molar-refractivity contribution >= 4 is 71.6 Å². The van der Waals surface area contributed by atoms with Crippen LogP contribution in [0.4, 0.5) is 17.1 Å². The Morgan fingerprint density at radius 3 is 1.80 bits per heavy atom. The molecule has 0 N–H and O–H groups in total. The van der Waals surface area contributed by atoms with E-state index in [4.69, 9.17) is 4.42 Å². The van der Waals surface area contributed by atoms with Gasteiger partial charge in [0.05, 0.1) is 28.1 Å². The molecule has 0 bridgehead atoms. The summed E-state index contributed by atoms with van der Waals surface area (Å²) in [6.07, 6.45) is 0. The molecule has 0 amide bonds. The first kappa shape index (κ1) is 31.2. The van der Waals surface area contributed by atoms with Gasteiger partial charge in [0, 0.05) is 38.2 Å². The Kier molecular flexibility index (Phi) is 7.17. The third kappa shape index (κ3) is 4.98. The molecule has 0 unspecified atom stereocenters. The summed E-state index contributed by atoms with van der Waals surface area (Å²) in [5.41, 5.74) is 13.0. The molecule has 2 aromatic heterocycles. The molecule has 0 spiro atoms. The van der Waals surface area contributed by atoms with Gasteiger partial charge in [0.1, 0.15) is 5.58 Å². The lowest BCUT2D eigenvalue weighted by Crippen LogP contribution is -2.11. The van der Waals surface area contributed by atoms with Crippen molar-refractivity contribution in [1.82, 2.24) is 4.57 Å². The van der Waals surface area contributed by atoms with Gasteiger partial charge in [-0.15, -0.1) is 0 Å². The normalized spacial score (nSPS) is 11.6. The fraction of sp³-hybridized carbons (Fsp3) is 0. The van der Waals surface area contributed by atoms with E-state index < -0.39 is 0 Å². The number of fused-ring (bicyclic) bond motifs is 7. The lowest BCUT2D eigenvalue weighted by Gasteiger charge is -2.28. The second-order valence-corrected chi connectivity index (χ2v) is 14.1. The van der Waals surface area contributed by atoms with Crippen molar-refractivity contribution in [3.63, 3.8) is 0 Å². The van der Waals surface area contributed by atoms with E-state index in [1.165, 1.54) is 43.9 Å². The van der Waals surface area contributed by atoms with Crippen molar-refractivity contribution in [2.45, 2.75) is 0 Å². The third-order valence-electron chi connectivity index (χ3n) is 11.0. The molecule has 9 aromatic carbocycles. The molecule has 258 valence electrons. The Morgan fingerprint density at radius 2 is 0.982 bits per heavy atom. The highest BCUT2D eigenvalue weighted by Gasteiger charge is 2.24. The number of anilines is 3. The van der Waals surface area contributed by atoms with Gasteiger partial charge >= 0.3 is 0 Å². The Morgan fingerprint density at radius 1 is 0.364 bits per heavy atom. The van der Waals surface area contributed by atoms with Gasteiger partial charge in [-0.05, 0) is 64.5 Å². The van der Waals surface area contributed by atoms with Crippen LogP contribution in [0.15, 0.2) is 211 Å². The summed E-state index contributed by atoms with van der Waals surface area (Å²) in [6.45, 7) is 0. The summed E-state index contributed by atoms with van der Waals surface area (Å²) in [5.74, 6) is 0. The summed E-state index contributed by atoms with van der Waals surface area (Å²) in [5, 5.41) is 6.97. The van der Waals surface area contributed by atoms with Crippen LogP contribution in [0.5, 0.6) is 0 Å². The smallest absolute Gasteiger partial charge is 0.159 e. The van der Waals surface area contributed by atoms with Gasteiger partial charge in [-0.1, -0.05) is 164 Å². The van der Waals surface area contributed by atoms with Gasteiger partial charge in [0.25, 0.3) is 0 Å². The minimum Gasteiger partial charge on any atom is -0.454 e. The van der Waals surface area contributed by atoms with E-state index in [-0.39, 0.29) is 0 Å². The van der Waals surface area contributed by atoms with E-state index in [0.717, 1.165) is 55.6 Å². The number of benzene rings is 9. The molecule has 3 heteroatoms. The third-order valence-corrected chi connectivity index (χ3v) is 11.0. The minimum absolute atomic E-state index is 0.856. The van der Waals surface area contributed by atoms with Crippen LogP contribution in [-0.2, 0) is 0 Å². The quantitative estimate of drug-likeness (QED) is 0.172. The highest BCUT2D eigenvalue weighted by molar-refractivity contribution is 6.15. The van der Waals surface area contributed by atoms with Crippen molar-refractivity contribution in [2.75, 3.05) is 4.90 Å². The molecule has 55 heavy (non-hydrogen) atoms. The maximum atomic E-state index is 6.76. The number of furan rings is 1. The second-order valence-electron chi connectivity index (χ2n) is 14.1. The molecular formula is C52H34N2O. The van der Waals surface area contributed by atoms with Crippen molar-refractivity contribution in [3.05, 3.63) is 206 Å². The maximum Gasteiger partial charge on any atom is 0.159 e. The van der Waals surface area contributed by atoms with E-state index in [9.17, 15) is 0 Å². The van der Waals surface area contributed by atoms with E-state index in [0.29, 0.717) is 0 Å². The number of aromatic nitrogens is 1. The first-order valence-corrected chi connectivity index (χ1v) is 18.8. The summed E-state index contributed by atoms with van der Waals surface area (Å²) >= 11 is 0. The largest absolute Gasteiger partial charge is 0.454 e. The van der Waals surface area contributed by atoms with Gasteiger partial charge in [0.15, 0.2) is 5.58 Å². The van der Waals surface area contributed by atoms with Gasteiger partial charge in [0.2, 0.25) is 0 Å². The molecular weight excluding hydrogens is 669 g/mol. The molecule has 0 saturated carbocycles. The van der Waals surface area contributed by atoms with Crippen molar-refractivity contribution in [2.24, 2.45) is 0 Å². The van der Waals surface area contributed by atoms with Crippen LogP contribution in [0.1, 0.15) is 0 Å². The van der Waals surface area contributed by atoms with E-state index >= 15 is 0 Å². The zero-order chi connectivity index (χ0) is 36.3. The van der Waals surface area contributed by atoms with Crippen LogP contribution in [0.2, 0.25) is 0 Å². The van der Waals surface area contributed by atoms with Crippen LogP contribution in [-0.4, -0.2) is 4.57 Å². The number of para-hydroxylation sites is 4. The zero-order valence-corrected chi connectivity index (χ0v) is 29.9. The van der Waals surface area contributed by atoms with Gasteiger partial charge in [-0.2, -0.15) is 0 Å². The minimum atomic E-state index is 0.856. The monoisotopic (exact) mass is 702 g/mol. The summed E-state index contributed by atoms with van der Waals surface area (Å²) in [7, 11) is 0. The predicted octanol–water partition coefficient (Wildman–Crippen LogP) is 14.6. The molecule has 2 heterocycles. The average Bonchev–Trinajstić information content (AvgIpc) is 3.80. The highest BCUT2D eigenvalue weighted by Crippen LogP contribution is 2.47. The number of nitrogens with zero attached hydrogens (tertiary/aromatic N) is 2. The molecule has 0 aliphatic carbocycles. The lowest BCUT2D eigenvalue weighted by atomic mass is 9.96. The first-order chi connectivity index (χ1) is 27.3. The molecule has 0 aliphatic heterocycles. The van der Waals surface area contributed by atoms with E-state index in [1.54, 1.807) is 0 Å². The molecule has 0 aliphatic rings. The molecule has 0 atom stereocenters. The molecule has 11 aromatic rings. The maximum absolute atomic E-state index is 6.76. The first-order valence-electron chi connectivity index (χ1n) is 18.8. The number of hydrogen-bond acceptors (Lipinski definition) is 2. The van der Waals surface area contributed by atoms with Crippen LogP contribution < -0.4 is 4.90 Å². The van der Waals surface area contributed by atoms with Crippen LogP contribution in [0.25, 0.3) is 82.5 Å². The Labute approximate surface area is 318 Å². The lowest BCUT2D eigenvalue weighted by molar-refractivity contribution is 0.669. The summed E-state index contributed by atoms with van der Waals surface area (Å²) in [6, 6.07) is 73.9. The van der Waals surface area contributed by atoms with E-state index in [1.807, 2.05) is 6.07 Å². The van der Waals surface area contributed by atoms with Crippen molar-refractivity contribution in [1.29, 1.82) is 0 Å². The Hall–Kier alpha value is -7.36. The van der Waals surface area contributed by atoms with E-state index in [2.05, 4.69) is 210 Å². The fourth-order valence-electron chi connectivity index (χ4n) is 8.55. The topological polar surface area (TPSA) is 21.3 Å². The Bertz CT molecular complexity index is 3210. The van der Waals surface area contributed by atoms with Gasteiger partial charge in [-0.3, -0.25) is 0 Å². The molecule has 3 nitrogen and oxygen atoms in total. The highest BCUT2D eigenvalue weighted by atomic mass is 16.3. The van der Waals surface area contributed by atoms with Gasteiger partial charge < -0.3 is 13.9 Å². The molecule has 0 fully saturated rings. The fourth-order valence-corrected chi connectivity index (χ4v) is 8.55. The second kappa shape index (κ2) is 12.6. The van der Waals surface area contributed by atoms with Crippen molar-refractivity contribution in [3.8, 4) is 27.9 Å². The zero-order valence-electron chi connectivity index (χ0n) is 29.9. The number of hydrogen-bond donors (Lipinski definition) is 0. The molecule has 0 saturated heterocycles. The standard InChI is InChI=1S/C52H34N2O/c1-3-16-35(17-4-1)38-32-33-48(41-22-8-7-21-40(38)41)53(49-28-15-25-45-44-24-11-14-29-51(44)55-52(45)49)37-30-31-43-42-23-10-13-27-47(42)54(50(43)34-37)46-26-12-9-20-39(46)36-18-5-2-6-19-36/h1-34H. The molecule has 11 rings (SSSR count). The van der Waals surface area contributed by atoms with Crippen LogP contribution in [0, 0.1) is 0 Å². The summed E-state index contributed by atoms with van der Waals surface area (Å²) < 4.78 is 9.20. The van der Waals surface area contributed by atoms with Crippen molar-refractivity contribution < 1.29 is 4.42 Å². The average molecular weight is 703 g/mol. The molecule has 0 radical (unpaired) electrons. The van der Waals surface area contributed by atoms with Gasteiger partial charge in [-0.25, -0.2) is 0 Å². The van der Waals surface area contributed by atoms with Crippen LogP contribution in [0.3, 0.4) is 0 Å². The SMILES string of the molecule is c1ccc(-c2ccccc2-n2c3ccccc3c3ccc(N(c4ccc(-c5ccccc5)c5ccccc45)c4cccc5c4oc4ccccc45)cc32)cc1. The predicted molar refractivity (Wildman–Crippen MR) is 231 cm³/mol.